The van der Waals surface area contributed by atoms with Crippen molar-refractivity contribution >= 4 is 23.5 Å². The Morgan fingerprint density at radius 2 is 1.29 bits per heavy atom. The molecule has 1 N–H and O–H groups in total. The lowest BCUT2D eigenvalue weighted by Crippen LogP contribution is -2.49. The van der Waals surface area contributed by atoms with Crippen LogP contribution < -0.4 is 14.7 Å². The topological polar surface area (TPSA) is 76.0 Å². The van der Waals surface area contributed by atoms with E-state index in [0.29, 0.717) is 18.7 Å². The number of carbonyl (C=O) groups is 1. The first-order valence-corrected chi connectivity index (χ1v) is 11.4. The van der Waals surface area contributed by atoms with E-state index in [-0.39, 0.29) is 11.7 Å². The van der Waals surface area contributed by atoms with Gasteiger partial charge in [0.25, 0.3) is 5.91 Å². The maximum absolute atomic E-state index is 12.8. The van der Waals surface area contributed by atoms with E-state index < -0.39 is 0 Å². The number of hydrogen-bond acceptors (Lipinski definition) is 7. The molecule has 3 aliphatic heterocycles. The highest BCUT2D eigenvalue weighted by atomic mass is 16.3. The molecule has 4 heterocycles. The molecule has 1 aromatic heterocycles. The lowest BCUT2D eigenvalue weighted by molar-refractivity contribution is 0.0743. The number of carbonyl (C=O) groups excluding carboxylic acids is 1. The zero-order chi connectivity index (χ0) is 21.2. The minimum Gasteiger partial charge on any atom is -0.507 e. The van der Waals surface area contributed by atoms with Gasteiger partial charge in [0.1, 0.15) is 17.4 Å². The number of para-hydroxylation sites is 1. The second kappa shape index (κ2) is 8.61. The van der Waals surface area contributed by atoms with Gasteiger partial charge in [-0.05, 0) is 37.8 Å². The highest BCUT2D eigenvalue weighted by Gasteiger charge is 2.27. The van der Waals surface area contributed by atoms with E-state index in [4.69, 9.17) is 9.97 Å². The van der Waals surface area contributed by atoms with Crippen LogP contribution in [0, 0.1) is 0 Å². The summed E-state index contributed by atoms with van der Waals surface area (Å²) in [6, 6.07) is 8.87. The van der Waals surface area contributed by atoms with Crippen LogP contribution in [-0.4, -0.2) is 78.2 Å². The molecule has 3 saturated heterocycles. The molecule has 1 amide bonds. The van der Waals surface area contributed by atoms with Crippen LogP contribution in [-0.2, 0) is 0 Å². The number of benzene rings is 1. The van der Waals surface area contributed by atoms with E-state index in [1.807, 2.05) is 4.90 Å². The minimum absolute atomic E-state index is 0.0382. The molecule has 0 spiro atoms. The first kappa shape index (κ1) is 19.9. The third-order valence-electron chi connectivity index (χ3n) is 6.53. The van der Waals surface area contributed by atoms with Crippen LogP contribution in [0.5, 0.6) is 5.75 Å². The molecule has 8 nitrogen and oxygen atoms in total. The molecule has 31 heavy (non-hydrogen) atoms. The van der Waals surface area contributed by atoms with Gasteiger partial charge in [0.15, 0.2) is 0 Å². The van der Waals surface area contributed by atoms with Crippen molar-refractivity contribution in [3.05, 3.63) is 35.9 Å². The van der Waals surface area contributed by atoms with E-state index >= 15 is 0 Å². The maximum Gasteiger partial charge on any atom is 0.257 e. The highest BCUT2D eigenvalue weighted by Crippen LogP contribution is 2.28. The number of rotatable bonds is 4. The molecular weight excluding hydrogens is 392 g/mol. The van der Waals surface area contributed by atoms with Crippen molar-refractivity contribution in [3.63, 3.8) is 0 Å². The molecule has 8 heteroatoms. The van der Waals surface area contributed by atoms with Crippen molar-refractivity contribution in [3.8, 4) is 5.75 Å². The average molecular weight is 423 g/mol. The van der Waals surface area contributed by atoms with Crippen LogP contribution in [0.2, 0.25) is 0 Å². The van der Waals surface area contributed by atoms with Crippen molar-refractivity contribution < 1.29 is 9.90 Å². The third kappa shape index (κ3) is 4.11. The summed E-state index contributed by atoms with van der Waals surface area (Å²) in [5.74, 6) is 2.74. The van der Waals surface area contributed by atoms with E-state index in [2.05, 4.69) is 20.8 Å². The Hall–Kier alpha value is -3.03. The summed E-state index contributed by atoms with van der Waals surface area (Å²) < 4.78 is 0. The molecule has 0 saturated carbocycles. The number of piperazine rings is 1. The average Bonchev–Trinajstić information content (AvgIpc) is 3.53. The molecule has 0 unspecified atom stereocenters. The van der Waals surface area contributed by atoms with Crippen LogP contribution in [0.1, 0.15) is 36.0 Å². The summed E-state index contributed by atoms with van der Waals surface area (Å²) in [6.45, 7) is 6.80. The highest BCUT2D eigenvalue weighted by molar-refractivity contribution is 5.96. The maximum atomic E-state index is 12.8. The van der Waals surface area contributed by atoms with Crippen molar-refractivity contribution in [2.45, 2.75) is 25.7 Å². The molecule has 3 fully saturated rings. The molecule has 0 aliphatic carbocycles. The molecule has 0 bridgehead atoms. The first-order valence-electron chi connectivity index (χ1n) is 11.4. The summed E-state index contributed by atoms with van der Waals surface area (Å²) in [6.07, 6.45) is 4.82. The Morgan fingerprint density at radius 1 is 0.742 bits per heavy atom. The smallest absolute Gasteiger partial charge is 0.257 e. The zero-order valence-corrected chi connectivity index (χ0v) is 17.9. The molecule has 0 atom stereocenters. The normalized spacial score (nSPS) is 19.4. The molecular formula is C23H30N6O2. The van der Waals surface area contributed by atoms with Crippen LogP contribution in [0.15, 0.2) is 30.3 Å². The minimum atomic E-state index is -0.115. The Labute approximate surface area is 183 Å². The van der Waals surface area contributed by atoms with Crippen molar-refractivity contribution in [2.24, 2.45) is 0 Å². The van der Waals surface area contributed by atoms with E-state index in [1.165, 1.54) is 25.7 Å². The van der Waals surface area contributed by atoms with E-state index in [9.17, 15) is 9.90 Å². The predicted octanol–water partition coefficient (Wildman–Crippen LogP) is 2.35. The molecule has 3 aliphatic rings. The summed E-state index contributed by atoms with van der Waals surface area (Å²) in [5, 5.41) is 10.0. The Bertz CT molecular complexity index is 897. The van der Waals surface area contributed by atoms with Crippen LogP contribution in [0.4, 0.5) is 17.6 Å². The Morgan fingerprint density at radius 3 is 1.90 bits per heavy atom. The number of anilines is 3. The number of amides is 1. The lowest BCUT2D eigenvalue weighted by Gasteiger charge is -2.36. The standard InChI is InChI=1S/C23H30N6O2/c30-19-8-2-1-7-18(19)22(31)28-15-13-27(14-16-28)21-17-20(26-9-3-4-10-26)24-23(25-21)29-11-5-6-12-29/h1-2,7-8,17,30H,3-6,9-16H2. The second-order valence-corrected chi connectivity index (χ2v) is 8.57. The van der Waals surface area contributed by atoms with Gasteiger partial charge in [-0.2, -0.15) is 9.97 Å². The van der Waals surface area contributed by atoms with Gasteiger partial charge in [0.05, 0.1) is 5.56 Å². The third-order valence-corrected chi connectivity index (χ3v) is 6.53. The SMILES string of the molecule is O=C(c1ccccc1O)N1CCN(c2cc(N3CCCC3)nc(N3CCCC3)n2)CC1. The van der Waals surface area contributed by atoms with E-state index in [0.717, 1.165) is 56.9 Å². The quantitative estimate of drug-likeness (QED) is 0.811. The van der Waals surface area contributed by atoms with Gasteiger partial charge in [0.2, 0.25) is 5.95 Å². The van der Waals surface area contributed by atoms with Gasteiger partial charge in [0, 0.05) is 58.4 Å². The number of hydrogen-bond donors (Lipinski definition) is 1. The number of phenols is 1. The molecule has 5 rings (SSSR count). The van der Waals surface area contributed by atoms with E-state index in [1.54, 1.807) is 24.3 Å². The number of phenolic OH excluding ortho intramolecular Hbond substituents is 1. The molecule has 0 radical (unpaired) electrons. The first-order chi connectivity index (χ1) is 15.2. The summed E-state index contributed by atoms with van der Waals surface area (Å²) in [4.78, 5) is 31.4. The number of aromatic hydroxyl groups is 1. The van der Waals surface area contributed by atoms with Crippen LogP contribution >= 0.6 is 0 Å². The summed E-state index contributed by atoms with van der Waals surface area (Å²) in [5.41, 5.74) is 0.366. The lowest BCUT2D eigenvalue weighted by atomic mass is 10.1. The van der Waals surface area contributed by atoms with Crippen LogP contribution in [0.25, 0.3) is 0 Å². The summed E-state index contributed by atoms with van der Waals surface area (Å²) in [7, 11) is 0. The fourth-order valence-corrected chi connectivity index (χ4v) is 4.70. The Balaban J connectivity index is 1.33. The number of nitrogens with zero attached hydrogens (tertiary/aromatic N) is 6. The fraction of sp³-hybridized carbons (Fsp3) is 0.522. The molecule has 164 valence electrons. The zero-order valence-electron chi connectivity index (χ0n) is 17.9. The van der Waals surface area contributed by atoms with Gasteiger partial charge in [-0.25, -0.2) is 0 Å². The van der Waals surface area contributed by atoms with Gasteiger partial charge in [-0.15, -0.1) is 0 Å². The molecule has 1 aromatic carbocycles. The van der Waals surface area contributed by atoms with Gasteiger partial charge >= 0.3 is 0 Å². The monoisotopic (exact) mass is 422 g/mol. The number of aromatic nitrogens is 2. The Kier molecular flexibility index (Phi) is 5.53. The molecule has 2 aromatic rings. The van der Waals surface area contributed by atoms with Crippen molar-refractivity contribution in [1.82, 2.24) is 14.9 Å². The predicted molar refractivity (Wildman–Crippen MR) is 121 cm³/mol. The second-order valence-electron chi connectivity index (χ2n) is 8.57. The fourth-order valence-electron chi connectivity index (χ4n) is 4.70. The van der Waals surface area contributed by atoms with Crippen molar-refractivity contribution in [1.29, 1.82) is 0 Å². The van der Waals surface area contributed by atoms with Gasteiger partial charge in [-0.3, -0.25) is 4.79 Å². The van der Waals surface area contributed by atoms with Gasteiger partial charge < -0.3 is 24.7 Å². The largest absolute Gasteiger partial charge is 0.507 e. The summed E-state index contributed by atoms with van der Waals surface area (Å²) >= 11 is 0. The van der Waals surface area contributed by atoms with Crippen LogP contribution in [0.3, 0.4) is 0 Å². The van der Waals surface area contributed by atoms with Gasteiger partial charge in [-0.1, -0.05) is 12.1 Å². The van der Waals surface area contributed by atoms with Crippen molar-refractivity contribution in [2.75, 3.05) is 67.1 Å².